The van der Waals surface area contributed by atoms with Crippen LogP contribution in [0.25, 0.3) is 0 Å². The molecule has 1 rings (SSSR count). The Morgan fingerprint density at radius 2 is 2.47 bits per heavy atom. The molecule has 86 valence electrons. The van der Waals surface area contributed by atoms with Crippen LogP contribution in [0.2, 0.25) is 0 Å². The molecule has 15 heavy (non-hydrogen) atoms. The summed E-state index contributed by atoms with van der Waals surface area (Å²) in [5.74, 6) is 0. The molecule has 0 saturated heterocycles. The average molecular weight is 229 g/mol. The SMILES string of the molecule is CCc1csc(NCCC(N)COC)n1. The predicted octanol–water partition coefficient (Wildman–Crippen LogP) is 1.48. The van der Waals surface area contributed by atoms with Crippen molar-refractivity contribution in [3.8, 4) is 0 Å². The lowest BCUT2D eigenvalue weighted by atomic mass is 10.2. The van der Waals surface area contributed by atoms with E-state index in [2.05, 4.69) is 22.6 Å². The highest BCUT2D eigenvalue weighted by molar-refractivity contribution is 7.13. The van der Waals surface area contributed by atoms with Crippen LogP contribution >= 0.6 is 11.3 Å². The van der Waals surface area contributed by atoms with Crippen molar-refractivity contribution in [3.63, 3.8) is 0 Å². The van der Waals surface area contributed by atoms with E-state index in [1.54, 1.807) is 18.4 Å². The minimum Gasteiger partial charge on any atom is -0.383 e. The Kier molecular flexibility index (Phi) is 5.60. The topological polar surface area (TPSA) is 60.2 Å². The number of hydrogen-bond acceptors (Lipinski definition) is 5. The summed E-state index contributed by atoms with van der Waals surface area (Å²) in [7, 11) is 1.67. The summed E-state index contributed by atoms with van der Waals surface area (Å²) in [6, 6.07) is 0.105. The zero-order chi connectivity index (χ0) is 11.1. The van der Waals surface area contributed by atoms with Crippen molar-refractivity contribution >= 4 is 16.5 Å². The number of nitrogens with two attached hydrogens (primary N) is 1. The molecule has 0 aromatic carbocycles. The van der Waals surface area contributed by atoms with Crippen LogP contribution in [0.15, 0.2) is 5.38 Å². The zero-order valence-electron chi connectivity index (χ0n) is 9.32. The number of methoxy groups -OCH3 is 1. The molecule has 0 bridgehead atoms. The molecular weight excluding hydrogens is 210 g/mol. The summed E-state index contributed by atoms with van der Waals surface area (Å²) >= 11 is 1.64. The maximum atomic E-state index is 5.80. The number of anilines is 1. The third-order valence-electron chi connectivity index (χ3n) is 2.09. The van der Waals surface area contributed by atoms with Crippen molar-refractivity contribution in [2.24, 2.45) is 5.73 Å². The maximum absolute atomic E-state index is 5.80. The fraction of sp³-hybridized carbons (Fsp3) is 0.700. The third-order valence-corrected chi connectivity index (χ3v) is 2.93. The maximum Gasteiger partial charge on any atom is 0.182 e. The highest BCUT2D eigenvalue weighted by Gasteiger charge is 2.03. The molecule has 0 radical (unpaired) electrons. The number of hydrogen-bond donors (Lipinski definition) is 2. The number of rotatable bonds is 7. The van der Waals surface area contributed by atoms with Gasteiger partial charge in [0.25, 0.3) is 0 Å². The largest absolute Gasteiger partial charge is 0.383 e. The van der Waals surface area contributed by atoms with Gasteiger partial charge in [-0.15, -0.1) is 11.3 Å². The number of thiazole rings is 1. The average Bonchev–Trinajstić information content (AvgIpc) is 2.66. The van der Waals surface area contributed by atoms with Crippen molar-refractivity contribution in [1.82, 2.24) is 4.98 Å². The van der Waals surface area contributed by atoms with Crippen molar-refractivity contribution in [2.75, 3.05) is 25.6 Å². The Morgan fingerprint density at radius 3 is 3.07 bits per heavy atom. The van der Waals surface area contributed by atoms with E-state index in [0.717, 1.165) is 30.2 Å². The van der Waals surface area contributed by atoms with Gasteiger partial charge in [0.05, 0.1) is 12.3 Å². The molecule has 0 aliphatic carbocycles. The highest BCUT2D eigenvalue weighted by Crippen LogP contribution is 2.15. The standard InChI is InChI=1S/C10H19N3OS/c1-3-9-7-15-10(13-9)12-5-4-8(11)6-14-2/h7-8H,3-6,11H2,1-2H3,(H,12,13). The van der Waals surface area contributed by atoms with Gasteiger partial charge in [-0.1, -0.05) is 6.92 Å². The second-order valence-corrected chi connectivity index (χ2v) is 4.29. The predicted molar refractivity (Wildman–Crippen MR) is 64.5 cm³/mol. The van der Waals surface area contributed by atoms with Gasteiger partial charge in [0.1, 0.15) is 0 Å². The summed E-state index contributed by atoms with van der Waals surface area (Å²) in [6.45, 7) is 3.56. The van der Waals surface area contributed by atoms with Crippen LogP contribution in [0, 0.1) is 0 Å². The Balaban J connectivity index is 2.19. The Bertz CT molecular complexity index is 277. The first-order chi connectivity index (χ1) is 7.26. The summed E-state index contributed by atoms with van der Waals surface area (Å²) in [5.41, 5.74) is 6.94. The monoisotopic (exact) mass is 229 g/mol. The molecule has 0 spiro atoms. The van der Waals surface area contributed by atoms with Gasteiger partial charge in [-0.2, -0.15) is 0 Å². The van der Waals surface area contributed by atoms with Crippen LogP contribution in [0.1, 0.15) is 19.0 Å². The summed E-state index contributed by atoms with van der Waals surface area (Å²) < 4.78 is 4.96. The second-order valence-electron chi connectivity index (χ2n) is 3.43. The molecule has 1 unspecified atom stereocenters. The van der Waals surface area contributed by atoms with Crippen molar-refractivity contribution in [2.45, 2.75) is 25.8 Å². The Hall–Kier alpha value is -0.650. The molecule has 1 aromatic heterocycles. The van der Waals surface area contributed by atoms with E-state index in [1.165, 1.54) is 0 Å². The van der Waals surface area contributed by atoms with E-state index < -0.39 is 0 Å². The first kappa shape index (κ1) is 12.4. The molecule has 3 N–H and O–H groups in total. The van der Waals surface area contributed by atoms with Gasteiger partial charge >= 0.3 is 0 Å². The smallest absolute Gasteiger partial charge is 0.182 e. The van der Waals surface area contributed by atoms with Crippen LogP contribution in [-0.2, 0) is 11.2 Å². The molecular formula is C10H19N3OS. The molecule has 1 atom stereocenters. The molecule has 0 aliphatic rings. The molecule has 1 aromatic rings. The lowest BCUT2D eigenvalue weighted by Gasteiger charge is -2.09. The van der Waals surface area contributed by atoms with Crippen LogP contribution in [0.5, 0.6) is 0 Å². The summed E-state index contributed by atoms with van der Waals surface area (Å²) in [4.78, 5) is 4.41. The lowest BCUT2D eigenvalue weighted by Crippen LogP contribution is -2.28. The first-order valence-corrected chi connectivity index (χ1v) is 6.07. The number of nitrogens with zero attached hydrogens (tertiary/aromatic N) is 1. The van der Waals surface area contributed by atoms with Crippen LogP contribution in [-0.4, -0.2) is 31.3 Å². The van der Waals surface area contributed by atoms with E-state index in [1.807, 2.05) is 0 Å². The Labute approximate surface area is 94.8 Å². The van der Waals surface area contributed by atoms with Gasteiger partial charge in [0.2, 0.25) is 0 Å². The Morgan fingerprint density at radius 1 is 1.67 bits per heavy atom. The second kappa shape index (κ2) is 6.76. The molecule has 4 nitrogen and oxygen atoms in total. The quantitative estimate of drug-likeness (QED) is 0.743. The molecule has 0 saturated carbocycles. The summed E-state index contributed by atoms with van der Waals surface area (Å²) in [5, 5.41) is 6.32. The minimum atomic E-state index is 0.105. The van der Waals surface area contributed by atoms with Crippen LogP contribution < -0.4 is 11.1 Å². The van der Waals surface area contributed by atoms with Gasteiger partial charge in [0.15, 0.2) is 5.13 Å². The molecule has 0 aliphatic heterocycles. The first-order valence-electron chi connectivity index (χ1n) is 5.19. The van der Waals surface area contributed by atoms with E-state index in [-0.39, 0.29) is 6.04 Å². The van der Waals surface area contributed by atoms with Gasteiger partial charge in [0, 0.05) is 25.1 Å². The third kappa shape index (κ3) is 4.59. The van der Waals surface area contributed by atoms with E-state index >= 15 is 0 Å². The molecule has 0 amide bonds. The van der Waals surface area contributed by atoms with Gasteiger partial charge < -0.3 is 15.8 Å². The van der Waals surface area contributed by atoms with Crippen LogP contribution in [0.3, 0.4) is 0 Å². The number of ether oxygens (including phenoxy) is 1. The number of aryl methyl sites for hydroxylation is 1. The molecule has 1 heterocycles. The van der Waals surface area contributed by atoms with Crippen molar-refractivity contribution in [1.29, 1.82) is 0 Å². The number of aromatic nitrogens is 1. The van der Waals surface area contributed by atoms with Gasteiger partial charge in [-0.3, -0.25) is 0 Å². The fourth-order valence-corrected chi connectivity index (χ4v) is 2.03. The summed E-state index contributed by atoms with van der Waals surface area (Å²) in [6.07, 6.45) is 1.89. The van der Waals surface area contributed by atoms with Crippen molar-refractivity contribution < 1.29 is 4.74 Å². The number of nitrogens with one attached hydrogen (secondary N) is 1. The van der Waals surface area contributed by atoms with E-state index in [0.29, 0.717) is 6.61 Å². The highest BCUT2D eigenvalue weighted by atomic mass is 32.1. The van der Waals surface area contributed by atoms with E-state index in [4.69, 9.17) is 10.5 Å². The van der Waals surface area contributed by atoms with E-state index in [9.17, 15) is 0 Å². The normalized spacial score (nSPS) is 12.7. The zero-order valence-corrected chi connectivity index (χ0v) is 10.1. The van der Waals surface area contributed by atoms with Crippen LogP contribution in [0.4, 0.5) is 5.13 Å². The van der Waals surface area contributed by atoms with Crippen molar-refractivity contribution in [3.05, 3.63) is 11.1 Å². The molecule has 5 heteroatoms. The van der Waals surface area contributed by atoms with Gasteiger partial charge in [-0.05, 0) is 12.8 Å². The lowest BCUT2D eigenvalue weighted by molar-refractivity contribution is 0.178. The fourth-order valence-electron chi connectivity index (χ4n) is 1.21. The molecule has 0 fully saturated rings. The van der Waals surface area contributed by atoms with Gasteiger partial charge in [-0.25, -0.2) is 4.98 Å². The minimum absolute atomic E-state index is 0.105.